The molecule has 3 aromatic carbocycles. The number of hydrogen-bond donors (Lipinski definition) is 0. The summed E-state index contributed by atoms with van der Waals surface area (Å²) in [4.78, 5) is 44.6. The molecule has 1 unspecified atom stereocenters. The summed E-state index contributed by atoms with van der Waals surface area (Å²) in [5.74, 6) is -0.287. The number of hydrogen-bond acceptors (Lipinski definition) is 8. The van der Waals surface area contributed by atoms with Crippen LogP contribution in [0, 0.1) is 0 Å². The van der Waals surface area contributed by atoms with Gasteiger partial charge in [-0.1, -0.05) is 72.9 Å². The first-order valence-corrected chi connectivity index (χ1v) is 14.4. The molecule has 0 amide bonds. The van der Waals surface area contributed by atoms with Gasteiger partial charge in [0.1, 0.15) is 12.4 Å². The molecule has 1 aliphatic rings. The summed E-state index contributed by atoms with van der Waals surface area (Å²) in [6, 6.07) is 22.7. The summed E-state index contributed by atoms with van der Waals surface area (Å²) < 4.78 is 18.2. The van der Waals surface area contributed by atoms with Gasteiger partial charge in [0.25, 0.3) is 5.56 Å². The molecule has 2 heterocycles. The van der Waals surface area contributed by atoms with Crippen molar-refractivity contribution in [2.45, 2.75) is 32.9 Å². The van der Waals surface area contributed by atoms with Gasteiger partial charge in [0.2, 0.25) is 0 Å². The van der Waals surface area contributed by atoms with E-state index in [4.69, 9.17) is 14.2 Å². The fourth-order valence-electron chi connectivity index (χ4n) is 4.65. The van der Waals surface area contributed by atoms with Gasteiger partial charge in [-0.05, 0) is 60.4 Å². The first-order valence-electron chi connectivity index (χ1n) is 13.5. The van der Waals surface area contributed by atoms with E-state index in [1.807, 2.05) is 61.5 Å². The third-order valence-electron chi connectivity index (χ3n) is 6.75. The molecule has 214 valence electrons. The largest absolute Gasteiger partial charge is 0.494 e. The van der Waals surface area contributed by atoms with Gasteiger partial charge < -0.3 is 14.2 Å². The summed E-state index contributed by atoms with van der Waals surface area (Å²) in [6.45, 7) is 4.49. The number of nitrogens with zero attached hydrogens (tertiary/aromatic N) is 2. The predicted molar refractivity (Wildman–Crippen MR) is 160 cm³/mol. The minimum absolute atomic E-state index is 0.0762. The van der Waals surface area contributed by atoms with Crippen LogP contribution in [0.2, 0.25) is 0 Å². The molecule has 1 aromatic heterocycles. The molecule has 0 aliphatic carbocycles. The summed E-state index contributed by atoms with van der Waals surface area (Å²) in [5.41, 5.74) is 3.09. The Labute approximate surface area is 246 Å². The molecule has 0 spiro atoms. The maximum Gasteiger partial charge on any atom is 0.338 e. The van der Waals surface area contributed by atoms with Gasteiger partial charge in [-0.25, -0.2) is 14.6 Å². The summed E-state index contributed by atoms with van der Waals surface area (Å²) in [5, 5.41) is 0. The third kappa shape index (κ3) is 6.11. The molecular formula is C33H30N2O6S. The van der Waals surface area contributed by atoms with Gasteiger partial charge in [0.15, 0.2) is 4.80 Å². The molecule has 4 aromatic rings. The van der Waals surface area contributed by atoms with Crippen LogP contribution in [0.5, 0.6) is 5.75 Å². The smallest absolute Gasteiger partial charge is 0.338 e. The maximum absolute atomic E-state index is 13.9. The van der Waals surface area contributed by atoms with E-state index >= 15 is 0 Å². The van der Waals surface area contributed by atoms with Gasteiger partial charge in [0, 0.05) is 0 Å². The van der Waals surface area contributed by atoms with Crippen molar-refractivity contribution in [1.29, 1.82) is 0 Å². The molecule has 0 saturated carbocycles. The topological polar surface area (TPSA) is 96.2 Å². The van der Waals surface area contributed by atoms with Crippen molar-refractivity contribution in [2.75, 3.05) is 13.7 Å². The van der Waals surface area contributed by atoms with Crippen LogP contribution in [0.25, 0.3) is 6.08 Å². The van der Waals surface area contributed by atoms with Crippen LogP contribution in [-0.2, 0) is 20.9 Å². The van der Waals surface area contributed by atoms with Crippen LogP contribution < -0.4 is 19.6 Å². The molecule has 42 heavy (non-hydrogen) atoms. The van der Waals surface area contributed by atoms with E-state index in [9.17, 15) is 14.4 Å². The highest BCUT2D eigenvalue weighted by Gasteiger charge is 2.33. The van der Waals surface area contributed by atoms with Crippen molar-refractivity contribution in [1.82, 2.24) is 4.57 Å². The molecule has 8 nitrogen and oxygen atoms in total. The number of benzene rings is 3. The average molecular weight is 583 g/mol. The van der Waals surface area contributed by atoms with Crippen molar-refractivity contribution in [2.24, 2.45) is 4.99 Å². The van der Waals surface area contributed by atoms with Crippen LogP contribution in [0.3, 0.4) is 0 Å². The molecular weight excluding hydrogens is 552 g/mol. The first kappa shape index (κ1) is 28.8. The molecule has 0 fully saturated rings. The number of fused-ring (bicyclic) bond motifs is 1. The van der Waals surface area contributed by atoms with Crippen LogP contribution >= 0.6 is 11.3 Å². The molecule has 0 N–H and O–H groups in total. The SMILES string of the molecule is CCCOc1ccc(C=c2sc3n(c2=O)C(c2ccc(C(=O)OC)cc2)C(C(=O)OCc2ccccc2)=C(C)N=3)cc1. The normalized spacial score (nSPS) is 14.6. The maximum atomic E-state index is 13.9. The van der Waals surface area contributed by atoms with Crippen LogP contribution in [0.1, 0.15) is 53.4 Å². The van der Waals surface area contributed by atoms with Crippen molar-refractivity contribution in [3.63, 3.8) is 0 Å². The highest BCUT2D eigenvalue weighted by molar-refractivity contribution is 7.07. The lowest BCUT2D eigenvalue weighted by molar-refractivity contribution is -0.140. The van der Waals surface area contributed by atoms with E-state index < -0.39 is 18.0 Å². The third-order valence-corrected chi connectivity index (χ3v) is 7.74. The summed E-state index contributed by atoms with van der Waals surface area (Å²) in [6.07, 6.45) is 2.72. The van der Waals surface area contributed by atoms with Gasteiger partial charge in [-0.15, -0.1) is 0 Å². The van der Waals surface area contributed by atoms with Crippen molar-refractivity contribution >= 4 is 29.4 Å². The Hall–Kier alpha value is -4.76. The number of ether oxygens (including phenoxy) is 3. The minimum atomic E-state index is -0.803. The lowest BCUT2D eigenvalue weighted by atomic mass is 9.95. The van der Waals surface area contributed by atoms with Gasteiger partial charge >= 0.3 is 11.9 Å². The van der Waals surface area contributed by atoms with Crippen molar-refractivity contribution < 1.29 is 23.8 Å². The van der Waals surface area contributed by atoms with E-state index in [2.05, 4.69) is 4.99 Å². The van der Waals surface area contributed by atoms with E-state index in [0.717, 1.165) is 23.3 Å². The summed E-state index contributed by atoms with van der Waals surface area (Å²) in [7, 11) is 1.31. The Morgan fingerprint density at radius 1 is 0.976 bits per heavy atom. The Bertz CT molecular complexity index is 1800. The Morgan fingerprint density at radius 3 is 2.36 bits per heavy atom. The first-order chi connectivity index (χ1) is 20.4. The molecule has 1 atom stereocenters. The van der Waals surface area contributed by atoms with Gasteiger partial charge in [-0.3, -0.25) is 9.36 Å². The average Bonchev–Trinajstić information content (AvgIpc) is 3.32. The van der Waals surface area contributed by atoms with Gasteiger partial charge in [-0.2, -0.15) is 0 Å². The summed E-state index contributed by atoms with van der Waals surface area (Å²) >= 11 is 1.25. The molecule has 0 saturated heterocycles. The highest BCUT2D eigenvalue weighted by Crippen LogP contribution is 2.31. The number of thiazole rings is 1. The zero-order valence-electron chi connectivity index (χ0n) is 23.5. The molecule has 0 radical (unpaired) electrons. The fraction of sp³-hybridized carbons (Fsp3) is 0.212. The monoisotopic (exact) mass is 582 g/mol. The van der Waals surface area contributed by atoms with Crippen LogP contribution in [0.4, 0.5) is 0 Å². The minimum Gasteiger partial charge on any atom is -0.494 e. The lowest BCUT2D eigenvalue weighted by Gasteiger charge is -2.25. The van der Waals surface area contributed by atoms with Crippen molar-refractivity contribution in [3.05, 3.63) is 132 Å². The number of rotatable bonds is 9. The van der Waals surface area contributed by atoms with E-state index in [-0.39, 0.29) is 17.7 Å². The predicted octanol–water partition coefficient (Wildman–Crippen LogP) is 4.55. The zero-order chi connectivity index (χ0) is 29.6. The number of methoxy groups -OCH3 is 1. The fourth-order valence-corrected chi connectivity index (χ4v) is 5.70. The van der Waals surface area contributed by atoms with E-state index in [0.29, 0.717) is 32.8 Å². The second-order valence-corrected chi connectivity index (χ2v) is 10.7. The van der Waals surface area contributed by atoms with E-state index in [1.165, 1.54) is 23.0 Å². The second-order valence-electron chi connectivity index (χ2n) is 9.67. The van der Waals surface area contributed by atoms with Gasteiger partial charge in [0.05, 0.1) is 41.1 Å². The number of aromatic nitrogens is 1. The standard InChI is InChI=1S/C33H30N2O6S/c1-4-18-40-26-16-10-22(11-17-26)19-27-30(36)35-29(24-12-14-25(15-13-24)31(37)39-3)28(21(2)34-33(35)42-27)32(38)41-20-23-8-6-5-7-9-23/h5-17,19,29H,4,18,20H2,1-3H3. The second kappa shape index (κ2) is 12.8. The van der Waals surface area contributed by atoms with E-state index in [1.54, 1.807) is 37.3 Å². The Morgan fingerprint density at radius 2 is 1.69 bits per heavy atom. The lowest BCUT2D eigenvalue weighted by Crippen LogP contribution is -2.39. The van der Waals surface area contributed by atoms with Crippen molar-refractivity contribution in [3.8, 4) is 5.75 Å². The number of esters is 2. The molecule has 9 heteroatoms. The van der Waals surface area contributed by atoms with Crippen LogP contribution in [-0.4, -0.2) is 30.2 Å². The van der Waals surface area contributed by atoms with Crippen LogP contribution in [0.15, 0.2) is 99.9 Å². The highest BCUT2D eigenvalue weighted by atomic mass is 32.1. The molecule has 0 bridgehead atoms. The Balaban J connectivity index is 1.56. The number of carbonyl (C=O) groups is 2. The quantitative estimate of drug-likeness (QED) is 0.269. The Kier molecular flexibility index (Phi) is 8.78. The molecule has 1 aliphatic heterocycles. The number of carbonyl (C=O) groups excluding carboxylic acids is 2. The number of allylic oxidation sites excluding steroid dienone is 1. The zero-order valence-corrected chi connectivity index (χ0v) is 24.4. The molecule has 5 rings (SSSR count).